The lowest BCUT2D eigenvalue weighted by Gasteiger charge is -2.34. The molecule has 1 aromatic heterocycles. The second-order valence-electron chi connectivity index (χ2n) is 5.43. The van der Waals surface area contributed by atoms with Crippen LogP contribution in [-0.2, 0) is 11.8 Å². The van der Waals surface area contributed by atoms with Crippen molar-refractivity contribution >= 4 is 6.08 Å². The van der Waals surface area contributed by atoms with Gasteiger partial charge in [-0.05, 0) is 23.6 Å². The van der Waals surface area contributed by atoms with Crippen molar-refractivity contribution in [3.05, 3.63) is 95.4 Å². The van der Waals surface area contributed by atoms with Crippen LogP contribution in [0, 0.1) is 0 Å². The average Bonchev–Trinajstić information content (AvgIpc) is 3.03. The van der Waals surface area contributed by atoms with Crippen molar-refractivity contribution in [3.8, 4) is 0 Å². The van der Waals surface area contributed by atoms with Gasteiger partial charge in [0.25, 0.3) is 0 Å². The van der Waals surface area contributed by atoms with Crippen LogP contribution in [0.1, 0.15) is 22.5 Å². The second kappa shape index (κ2) is 4.74. The lowest BCUT2D eigenvalue weighted by molar-refractivity contribution is 0.409. The minimum Gasteiger partial charge on any atom is -0.357 e. The van der Waals surface area contributed by atoms with Gasteiger partial charge in [0, 0.05) is 11.0 Å². The lowest BCUT2D eigenvalue weighted by Crippen LogP contribution is -2.30. The minimum atomic E-state index is -0.152. The SMILES string of the molecule is C1=CC(c2ccccc2)(c2ccccc2)Cc2cnoc21. The molecule has 2 aromatic carbocycles. The first kappa shape index (κ1) is 12.2. The minimum absolute atomic E-state index is 0.152. The number of nitrogens with zero attached hydrogens (tertiary/aromatic N) is 1. The van der Waals surface area contributed by atoms with Gasteiger partial charge in [-0.1, -0.05) is 71.9 Å². The van der Waals surface area contributed by atoms with E-state index in [1.54, 1.807) is 0 Å². The highest BCUT2D eigenvalue weighted by Gasteiger charge is 2.35. The van der Waals surface area contributed by atoms with Gasteiger partial charge < -0.3 is 4.52 Å². The summed E-state index contributed by atoms with van der Waals surface area (Å²) in [6.45, 7) is 0. The van der Waals surface area contributed by atoms with E-state index < -0.39 is 0 Å². The maximum absolute atomic E-state index is 5.28. The van der Waals surface area contributed by atoms with E-state index in [2.05, 4.69) is 71.9 Å². The maximum atomic E-state index is 5.28. The molecule has 0 bridgehead atoms. The molecule has 1 aliphatic carbocycles. The van der Waals surface area contributed by atoms with E-state index in [-0.39, 0.29) is 5.41 Å². The second-order valence-corrected chi connectivity index (χ2v) is 5.43. The molecular weight excluding hydrogens is 258 g/mol. The van der Waals surface area contributed by atoms with Crippen molar-refractivity contribution in [1.82, 2.24) is 5.16 Å². The summed E-state index contributed by atoms with van der Waals surface area (Å²) in [6.07, 6.45) is 6.99. The van der Waals surface area contributed by atoms with E-state index in [0.29, 0.717) is 0 Å². The zero-order chi connectivity index (χ0) is 14.1. The molecule has 0 unspecified atom stereocenters. The molecule has 0 radical (unpaired) electrons. The van der Waals surface area contributed by atoms with E-state index in [1.807, 2.05) is 12.3 Å². The van der Waals surface area contributed by atoms with Crippen LogP contribution < -0.4 is 0 Å². The van der Waals surface area contributed by atoms with Crippen molar-refractivity contribution in [1.29, 1.82) is 0 Å². The van der Waals surface area contributed by atoms with Crippen LogP contribution in [0.25, 0.3) is 6.08 Å². The van der Waals surface area contributed by atoms with Gasteiger partial charge in [-0.2, -0.15) is 0 Å². The van der Waals surface area contributed by atoms with Gasteiger partial charge in [0.15, 0.2) is 5.76 Å². The number of fused-ring (bicyclic) bond motifs is 1. The lowest BCUT2D eigenvalue weighted by atomic mass is 9.68. The maximum Gasteiger partial charge on any atom is 0.162 e. The number of benzene rings is 2. The first-order valence-electron chi connectivity index (χ1n) is 7.12. The zero-order valence-electron chi connectivity index (χ0n) is 11.6. The summed E-state index contributed by atoms with van der Waals surface area (Å²) in [5.41, 5.74) is 3.59. The van der Waals surface area contributed by atoms with Crippen LogP contribution >= 0.6 is 0 Å². The van der Waals surface area contributed by atoms with Gasteiger partial charge in [-0.25, -0.2) is 0 Å². The fourth-order valence-corrected chi connectivity index (χ4v) is 3.15. The molecule has 1 aliphatic rings. The Hall–Kier alpha value is -2.61. The molecule has 102 valence electrons. The molecule has 0 spiro atoms. The van der Waals surface area contributed by atoms with Crippen LogP contribution in [0.5, 0.6) is 0 Å². The molecule has 3 aromatic rings. The standard InChI is InChI=1S/C19H15NO/c1-3-7-16(8-4-1)19(17-9-5-2-6-10-17)12-11-18-15(13-19)14-20-21-18/h1-12,14H,13H2. The monoisotopic (exact) mass is 273 g/mol. The van der Waals surface area contributed by atoms with E-state index in [9.17, 15) is 0 Å². The molecule has 0 aliphatic heterocycles. The molecule has 0 fully saturated rings. The summed E-state index contributed by atoms with van der Waals surface area (Å²) < 4.78 is 5.28. The fourth-order valence-electron chi connectivity index (χ4n) is 3.15. The number of hydrogen-bond donors (Lipinski definition) is 0. The molecule has 2 heteroatoms. The summed E-state index contributed by atoms with van der Waals surface area (Å²) in [6, 6.07) is 21.2. The molecular formula is C19H15NO. The van der Waals surface area contributed by atoms with Crippen LogP contribution in [0.3, 0.4) is 0 Å². The van der Waals surface area contributed by atoms with Gasteiger partial charge in [-0.3, -0.25) is 0 Å². The number of allylic oxidation sites excluding steroid dienone is 1. The summed E-state index contributed by atoms with van der Waals surface area (Å²) >= 11 is 0. The molecule has 21 heavy (non-hydrogen) atoms. The number of aromatic nitrogens is 1. The number of hydrogen-bond acceptors (Lipinski definition) is 2. The first-order valence-corrected chi connectivity index (χ1v) is 7.12. The Balaban J connectivity index is 1.93. The van der Waals surface area contributed by atoms with Gasteiger partial charge in [-0.15, -0.1) is 0 Å². The molecule has 0 amide bonds. The third kappa shape index (κ3) is 1.91. The smallest absolute Gasteiger partial charge is 0.162 e. The van der Waals surface area contributed by atoms with Crippen LogP contribution in [0.15, 0.2) is 77.5 Å². The topological polar surface area (TPSA) is 26.0 Å². The predicted octanol–water partition coefficient (Wildman–Crippen LogP) is 4.23. The Morgan fingerprint density at radius 3 is 2.10 bits per heavy atom. The highest BCUT2D eigenvalue weighted by atomic mass is 16.5. The van der Waals surface area contributed by atoms with Gasteiger partial charge in [0.2, 0.25) is 0 Å². The van der Waals surface area contributed by atoms with Crippen molar-refractivity contribution in [2.75, 3.05) is 0 Å². The van der Waals surface area contributed by atoms with Crippen molar-refractivity contribution < 1.29 is 4.52 Å². The Labute approximate surface area is 123 Å². The third-order valence-corrected chi connectivity index (χ3v) is 4.24. The van der Waals surface area contributed by atoms with Gasteiger partial charge >= 0.3 is 0 Å². The summed E-state index contributed by atoms with van der Waals surface area (Å²) in [7, 11) is 0. The zero-order valence-corrected chi connectivity index (χ0v) is 11.6. The first-order chi connectivity index (χ1) is 10.4. The van der Waals surface area contributed by atoms with Crippen molar-refractivity contribution in [3.63, 3.8) is 0 Å². The molecule has 0 saturated heterocycles. The van der Waals surface area contributed by atoms with E-state index >= 15 is 0 Å². The highest BCUT2D eigenvalue weighted by molar-refractivity contribution is 5.60. The molecule has 0 saturated carbocycles. The number of rotatable bonds is 2. The normalized spacial score (nSPS) is 15.6. The van der Waals surface area contributed by atoms with Crippen LogP contribution in [0.2, 0.25) is 0 Å². The van der Waals surface area contributed by atoms with Crippen molar-refractivity contribution in [2.24, 2.45) is 0 Å². The molecule has 4 rings (SSSR count). The summed E-state index contributed by atoms with van der Waals surface area (Å²) in [4.78, 5) is 0. The predicted molar refractivity (Wildman–Crippen MR) is 82.9 cm³/mol. The highest BCUT2D eigenvalue weighted by Crippen LogP contribution is 2.41. The Morgan fingerprint density at radius 1 is 0.857 bits per heavy atom. The molecule has 1 heterocycles. The molecule has 0 atom stereocenters. The van der Waals surface area contributed by atoms with E-state index in [1.165, 1.54) is 11.1 Å². The van der Waals surface area contributed by atoms with Crippen LogP contribution in [-0.4, -0.2) is 5.16 Å². The van der Waals surface area contributed by atoms with Crippen molar-refractivity contribution in [2.45, 2.75) is 11.8 Å². The quantitative estimate of drug-likeness (QED) is 0.698. The fraction of sp³-hybridized carbons (Fsp3) is 0.105. The average molecular weight is 273 g/mol. The van der Waals surface area contributed by atoms with Crippen LogP contribution in [0.4, 0.5) is 0 Å². The van der Waals surface area contributed by atoms with E-state index in [4.69, 9.17) is 4.52 Å². The third-order valence-electron chi connectivity index (χ3n) is 4.24. The Bertz CT molecular complexity index is 732. The Morgan fingerprint density at radius 2 is 1.48 bits per heavy atom. The molecule has 0 N–H and O–H groups in total. The summed E-state index contributed by atoms with van der Waals surface area (Å²) in [5.74, 6) is 0.873. The molecule has 2 nitrogen and oxygen atoms in total. The largest absolute Gasteiger partial charge is 0.357 e. The van der Waals surface area contributed by atoms with Gasteiger partial charge in [0.1, 0.15) is 0 Å². The Kier molecular flexibility index (Phi) is 2.74. The van der Waals surface area contributed by atoms with Gasteiger partial charge in [0.05, 0.1) is 6.20 Å². The summed E-state index contributed by atoms with van der Waals surface area (Å²) in [5, 5.41) is 3.93. The van der Waals surface area contributed by atoms with E-state index in [0.717, 1.165) is 17.7 Å².